The highest BCUT2D eigenvalue weighted by Gasteiger charge is 2.35. The van der Waals surface area contributed by atoms with Gasteiger partial charge in [0, 0.05) is 6.54 Å². The zero-order chi connectivity index (χ0) is 21.2. The molecule has 158 valence electrons. The molecule has 1 aromatic rings. The summed E-state index contributed by atoms with van der Waals surface area (Å²) in [6, 6.07) is 6.82. The van der Waals surface area contributed by atoms with E-state index < -0.39 is 36.0 Å². The smallest absolute Gasteiger partial charge is 0.330 e. The molecule has 3 atom stereocenters. The number of carboxylic acid groups (broad SMARTS) is 2. The molecule has 0 unspecified atom stereocenters. The number of aliphatic carboxylic acids is 2. The fourth-order valence-electron chi connectivity index (χ4n) is 3.41. The highest BCUT2D eigenvalue weighted by molar-refractivity contribution is 5.89. The molecule has 0 saturated carbocycles. The summed E-state index contributed by atoms with van der Waals surface area (Å²) in [5.74, 6) is -2.54. The third-order valence-corrected chi connectivity index (χ3v) is 5.00. The molecule has 1 aliphatic heterocycles. The Labute approximate surface area is 170 Å². The van der Waals surface area contributed by atoms with Gasteiger partial charge in [0.1, 0.15) is 12.1 Å². The molecule has 0 fully saturated rings. The number of carbonyl (C=O) groups is 3. The molecule has 0 radical (unpaired) electrons. The second kappa shape index (κ2) is 11.3. The van der Waals surface area contributed by atoms with Crippen molar-refractivity contribution in [3.63, 3.8) is 0 Å². The molecule has 0 aromatic heterocycles. The molecule has 29 heavy (non-hydrogen) atoms. The number of hydrogen-bond donors (Lipinski definition) is 4. The standard InChI is InChI=1S/C21H29N3O5/c22-13-5-4-9-16(19(25)24-14-6-10-18(24)21(28)29)23-17(20(26)27)12-11-15-7-2-1-3-8-15/h1-3,6-8,10,16-18,23H,4-5,9,11-14,22H2,(H,26,27)(H,28,29)/t16-,17-,18-/m0/s1. The number of rotatable bonds is 12. The lowest BCUT2D eigenvalue weighted by Crippen LogP contribution is -2.54. The first kappa shape index (κ1) is 22.6. The van der Waals surface area contributed by atoms with Crippen molar-refractivity contribution >= 4 is 17.8 Å². The van der Waals surface area contributed by atoms with Crippen LogP contribution in [0.3, 0.4) is 0 Å². The minimum absolute atomic E-state index is 0.201. The summed E-state index contributed by atoms with van der Waals surface area (Å²) in [7, 11) is 0. The van der Waals surface area contributed by atoms with Gasteiger partial charge in [0.25, 0.3) is 0 Å². The van der Waals surface area contributed by atoms with Crippen molar-refractivity contribution < 1.29 is 24.6 Å². The van der Waals surface area contributed by atoms with E-state index in [4.69, 9.17) is 5.73 Å². The molecular weight excluding hydrogens is 374 g/mol. The van der Waals surface area contributed by atoms with E-state index in [0.717, 1.165) is 5.56 Å². The minimum Gasteiger partial charge on any atom is -0.480 e. The number of carboxylic acids is 2. The Balaban J connectivity index is 2.08. The number of benzene rings is 1. The third kappa shape index (κ3) is 6.69. The molecular formula is C21H29N3O5. The van der Waals surface area contributed by atoms with Crippen molar-refractivity contribution in [1.29, 1.82) is 0 Å². The summed E-state index contributed by atoms with van der Waals surface area (Å²) in [6.07, 6.45) is 5.73. The number of aryl methyl sites for hydroxylation is 1. The molecule has 0 aliphatic carbocycles. The maximum Gasteiger partial charge on any atom is 0.330 e. The average molecular weight is 403 g/mol. The van der Waals surface area contributed by atoms with Gasteiger partial charge in [-0.25, -0.2) is 4.79 Å². The van der Waals surface area contributed by atoms with E-state index in [1.807, 2.05) is 30.3 Å². The van der Waals surface area contributed by atoms with Crippen LogP contribution in [0.25, 0.3) is 0 Å². The second-order valence-corrected chi connectivity index (χ2v) is 7.12. The van der Waals surface area contributed by atoms with Crippen LogP contribution in [0.15, 0.2) is 42.5 Å². The van der Waals surface area contributed by atoms with Gasteiger partial charge in [-0.2, -0.15) is 0 Å². The summed E-state index contributed by atoms with van der Waals surface area (Å²) in [4.78, 5) is 37.5. The maximum absolute atomic E-state index is 13.0. The maximum atomic E-state index is 13.0. The molecule has 0 bridgehead atoms. The molecule has 1 amide bonds. The highest BCUT2D eigenvalue weighted by atomic mass is 16.4. The molecule has 0 spiro atoms. The molecule has 0 saturated heterocycles. The van der Waals surface area contributed by atoms with E-state index in [1.54, 1.807) is 6.08 Å². The Hall–Kier alpha value is -2.71. The van der Waals surface area contributed by atoms with Gasteiger partial charge in [0.05, 0.1) is 6.04 Å². The average Bonchev–Trinajstić information content (AvgIpc) is 3.20. The van der Waals surface area contributed by atoms with Crippen molar-refractivity contribution in [2.75, 3.05) is 13.1 Å². The Morgan fingerprint density at radius 1 is 1.10 bits per heavy atom. The van der Waals surface area contributed by atoms with Crippen molar-refractivity contribution in [3.8, 4) is 0 Å². The van der Waals surface area contributed by atoms with Gasteiger partial charge >= 0.3 is 11.9 Å². The number of nitrogens with one attached hydrogen (secondary N) is 1. The topological polar surface area (TPSA) is 133 Å². The van der Waals surface area contributed by atoms with E-state index in [2.05, 4.69) is 5.32 Å². The lowest BCUT2D eigenvalue weighted by molar-refractivity contribution is -0.148. The summed E-state index contributed by atoms with van der Waals surface area (Å²) in [6.45, 7) is 0.674. The first-order chi connectivity index (χ1) is 13.9. The first-order valence-electron chi connectivity index (χ1n) is 9.86. The zero-order valence-electron chi connectivity index (χ0n) is 16.4. The zero-order valence-corrected chi connectivity index (χ0v) is 16.4. The van der Waals surface area contributed by atoms with E-state index in [1.165, 1.54) is 11.0 Å². The normalized spacial score (nSPS) is 17.8. The molecule has 8 heteroatoms. The van der Waals surface area contributed by atoms with Crippen LogP contribution in [0, 0.1) is 0 Å². The predicted octanol–water partition coefficient (Wildman–Crippen LogP) is 1.01. The van der Waals surface area contributed by atoms with Crippen LogP contribution in [0.1, 0.15) is 31.2 Å². The lowest BCUT2D eigenvalue weighted by atomic mass is 10.0. The van der Waals surface area contributed by atoms with Gasteiger partial charge in [-0.1, -0.05) is 48.9 Å². The fourth-order valence-corrected chi connectivity index (χ4v) is 3.41. The third-order valence-electron chi connectivity index (χ3n) is 5.00. The molecule has 1 heterocycles. The van der Waals surface area contributed by atoms with Gasteiger partial charge < -0.3 is 20.8 Å². The van der Waals surface area contributed by atoms with Crippen LogP contribution in [0.4, 0.5) is 0 Å². The van der Waals surface area contributed by atoms with E-state index in [9.17, 15) is 24.6 Å². The molecule has 5 N–H and O–H groups in total. The van der Waals surface area contributed by atoms with Crippen LogP contribution < -0.4 is 11.1 Å². The van der Waals surface area contributed by atoms with Crippen molar-refractivity contribution in [2.45, 2.75) is 50.2 Å². The van der Waals surface area contributed by atoms with Crippen LogP contribution in [0.5, 0.6) is 0 Å². The molecule has 1 aromatic carbocycles. The van der Waals surface area contributed by atoms with Crippen LogP contribution in [-0.4, -0.2) is 64.2 Å². The van der Waals surface area contributed by atoms with Gasteiger partial charge in [0.15, 0.2) is 0 Å². The van der Waals surface area contributed by atoms with E-state index in [0.29, 0.717) is 38.6 Å². The summed E-state index contributed by atoms with van der Waals surface area (Å²) < 4.78 is 0. The lowest BCUT2D eigenvalue weighted by Gasteiger charge is -2.29. The Bertz CT molecular complexity index is 722. The highest BCUT2D eigenvalue weighted by Crippen LogP contribution is 2.16. The van der Waals surface area contributed by atoms with Crippen molar-refractivity contribution in [3.05, 3.63) is 48.0 Å². The van der Waals surface area contributed by atoms with Crippen molar-refractivity contribution in [2.24, 2.45) is 5.73 Å². The Morgan fingerprint density at radius 3 is 2.45 bits per heavy atom. The first-order valence-corrected chi connectivity index (χ1v) is 9.86. The minimum atomic E-state index is -1.10. The van der Waals surface area contributed by atoms with Crippen LogP contribution in [0.2, 0.25) is 0 Å². The summed E-state index contributed by atoms with van der Waals surface area (Å²) in [5, 5.41) is 21.9. The molecule has 2 rings (SSSR count). The largest absolute Gasteiger partial charge is 0.480 e. The van der Waals surface area contributed by atoms with Gasteiger partial charge in [0.2, 0.25) is 5.91 Å². The number of amides is 1. The quantitative estimate of drug-likeness (QED) is 0.302. The summed E-state index contributed by atoms with van der Waals surface area (Å²) >= 11 is 0. The Kier molecular flexibility index (Phi) is 8.82. The monoisotopic (exact) mass is 403 g/mol. The van der Waals surface area contributed by atoms with Gasteiger partial charge in [-0.15, -0.1) is 0 Å². The van der Waals surface area contributed by atoms with Gasteiger partial charge in [-0.05, 0) is 37.8 Å². The number of carbonyl (C=O) groups excluding carboxylic acids is 1. The number of nitrogens with two attached hydrogens (primary N) is 1. The molecule has 8 nitrogen and oxygen atoms in total. The number of hydrogen-bond acceptors (Lipinski definition) is 5. The predicted molar refractivity (Wildman–Crippen MR) is 108 cm³/mol. The van der Waals surface area contributed by atoms with E-state index >= 15 is 0 Å². The van der Waals surface area contributed by atoms with Crippen molar-refractivity contribution in [1.82, 2.24) is 10.2 Å². The fraction of sp³-hybridized carbons (Fsp3) is 0.476. The summed E-state index contributed by atoms with van der Waals surface area (Å²) in [5.41, 5.74) is 6.55. The molecule has 1 aliphatic rings. The number of nitrogens with zero attached hydrogens (tertiary/aromatic N) is 1. The van der Waals surface area contributed by atoms with E-state index in [-0.39, 0.29) is 6.54 Å². The van der Waals surface area contributed by atoms with Gasteiger partial charge in [-0.3, -0.25) is 14.9 Å². The Morgan fingerprint density at radius 2 is 1.83 bits per heavy atom. The second-order valence-electron chi connectivity index (χ2n) is 7.12. The van der Waals surface area contributed by atoms with Crippen LogP contribution >= 0.6 is 0 Å². The van der Waals surface area contributed by atoms with Crippen LogP contribution in [-0.2, 0) is 20.8 Å². The number of unbranched alkanes of at least 4 members (excludes halogenated alkanes) is 1. The SMILES string of the molecule is NCCCC[C@H](N[C@@H](CCc1ccccc1)C(=O)O)C(=O)N1CC=C[C@H]1C(=O)O.